The Labute approximate surface area is 229 Å². The number of carbonyl (C=O) groups is 3. The van der Waals surface area contributed by atoms with E-state index in [4.69, 9.17) is 14.2 Å². The van der Waals surface area contributed by atoms with Crippen LogP contribution >= 0.6 is 0 Å². The molecule has 10 heteroatoms. The molecule has 1 fully saturated rings. The van der Waals surface area contributed by atoms with Crippen LogP contribution in [0.25, 0.3) is 0 Å². The molecule has 2 aliphatic rings. The van der Waals surface area contributed by atoms with Crippen LogP contribution in [-0.4, -0.2) is 92.7 Å². The molecule has 2 unspecified atom stereocenters. The largest absolute Gasteiger partial charge is 0.497 e. The van der Waals surface area contributed by atoms with E-state index in [1.54, 1.807) is 39.3 Å². The van der Waals surface area contributed by atoms with Gasteiger partial charge in [-0.15, -0.1) is 0 Å². The van der Waals surface area contributed by atoms with E-state index >= 15 is 0 Å². The summed E-state index contributed by atoms with van der Waals surface area (Å²) < 4.78 is 16.4. The third-order valence-electron chi connectivity index (χ3n) is 7.19. The molecule has 1 saturated heterocycles. The molecule has 0 spiro atoms. The summed E-state index contributed by atoms with van der Waals surface area (Å²) in [6, 6.07) is 13.3. The molecule has 10 nitrogen and oxygen atoms in total. The van der Waals surface area contributed by atoms with Crippen molar-refractivity contribution in [2.45, 2.75) is 25.9 Å². The molecule has 0 bridgehead atoms. The normalized spacial score (nSPS) is 20.0. The molecule has 2 heterocycles. The Morgan fingerprint density at radius 1 is 1.05 bits per heavy atom. The molecular formula is C29H36N4O6. The van der Waals surface area contributed by atoms with Gasteiger partial charge < -0.3 is 24.4 Å². The van der Waals surface area contributed by atoms with Crippen LogP contribution < -0.4 is 14.8 Å². The van der Waals surface area contributed by atoms with Gasteiger partial charge in [-0.2, -0.15) is 0 Å². The average Bonchev–Trinajstić information content (AvgIpc) is 2.95. The SMILES string of the molecule is CCOC(=O)C1=C(CN2CCN(C(=O)c3ccccc3)C(C)C2)N(C)C(=O)NC1c1ccc(OC)cc1OC. The summed E-state index contributed by atoms with van der Waals surface area (Å²) in [6.45, 7) is 6.00. The minimum atomic E-state index is -0.776. The summed E-state index contributed by atoms with van der Waals surface area (Å²) in [7, 11) is 4.73. The Balaban J connectivity index is 1.65. The number of benzene rings is 2. The maximum atomic E-state index is 13.4. The monoisotopic (exact) mass is 536 g/mol. The Kier molecular flexibility index (Phi) is 8.75. The van der Waals surface area contributed by atoms with Gasteiger partial charge in [0.05, 0.1) is 32.4 Å². The van der Waals surface area contributed by atoms with Gasteiger partial charge in [0.25, 0.3) is 5.91 Å². The molecule has 0 aromatic heterocycles. The van der Waals surface area contributed by atoms with Crippen molar-refractivity contribution in [2.75, 3.05) is 54.1 Å². The number of likely N-dealkylation sites (N-methyl/N-ethyl adjacent to an activating group) is 1. The summed E-state index contributed by atoms with van der Waals surface area (Å²) in [5.41, 5.74) is 2.17. The standard InChI is InChI=1S/C29H36N4O6/c1-6-39-28(35)25-23(18-32-14-15-33(19(2)17-32)27(34)20-10-8-7-9-11-20)31(3)29(36)30-26(25)22-13-12-21(37-4)16-24(22)38-5/h7-13,16,19,26H,6,14-15,17-18H2,1-5H3,(H,30,36). The number of esters is 1. The topological polar surface area (TPSA) is 101 Å². The fourth-order valence-corrected chi connectivity index (χ4v) is 5.12. The highest BCUT2D eigenvalue weighted by atomic mass is 16.5. The lowest BCUT2D eigenvalue weighted by atomic mass is 9.93. The van der Waals surface area contributed by atoms with Gasteiger partial charge in [0, 0.05) is 62.2 Å². The van der Waals surface area contributed by atoms with Gasteiger partial charge in [0.15, 0.2) is 0 Å². The number of nitrogens with zero attached hydrogens (tertiary/aromatic N) is 3. The van der Waals surface area contributed by atoms with Gasteiger partial charge in [-0.05, 0) is 38.1 Å². The molecule has 0 saturated carbocycles. The molecule has 0 radical (unpaired) electrons. The molecule has 1 N–H and O–H groups in total. The zero-order valence-corrected chi connectivity index (χ0v) is 23.1. The van der Waals surface area contributed by atoms with Gasteiger partial charge >= 0.3 is 12.0 Å². The number of carbonyl (C=O) groups excluding carboxylic acids is 3. The first-order chi connectivity index (χ1) is 18.8. The molecule has 2 aromatic rings. The van der Waals surface area contributed by atoms with Gasteiger partial charge in [-0.3, -0.25) is 14.6 Å². The Hall–Kier alpha value is -4.05. The third-order valence-corrected chi connectivity index (χ3v) is 7.19. The summed E-state index contributed by atoms with van der Waals surface area (Å²) in [5, 5.41) is 2.94. The predicted octanol–water partition coefficient (Wildman–Crippen LogP) is 3.06. The van der Waals surface area contributed by atoms with Crippen LogP contribution in [0, 0.1) is 0 Å². The highest BCUT2D eigenvalue weighted by molar-refractivity contribution is 5.96. The Morgan fingerprint density at radius 3 is 2.44 bits per heavy atom. The lowest BCUT2D eigenvalue weighted by molar-refractivity contribution is -0.139. The molecule has 208 valence electrons. The predicted molar refractivity (Wildman–Crippen MR) is 146 cm³/mol. The lowest BCUT2D eigenvalue weighted by Crippen LogP contribution is -2.56. The van der Waals surface area contributed by atoms with Crippen molar-refractivity contribution in [1.29, 1.82) is 0 Å². The van der Waals surface area contributed by atoms with Crippen molar-refractivity contribution in [3.8, 4) is 11.5 Å². The molecule has 2 atom stereocenters. The van der Waals surface area contributed by atoms with Gasteiger partial charge in [-0.25, -0.2) is 9.59 Å². The van der Waals surface area contributed by atoms with Crippen LogP contribution in [0.15, 0.2) is 59.8 Å². The molecule has 2 aromatic carbocycles. The minimum absolute atomic E-state index is 0.00462. The van der Waals surface area contributed by atoms with E-state index < -0.39 is 12.0 Å². The minimum Gasteiger partial charge on any atom is -0.497 e. The van der Waals surface area contributed by atoms with Crippen LogP contribution in [0.1, 0.15) is 35.8 Å². The van der Waals surface area contributed by atoms with Crippen LogP contribution in [-0.2, 0) is 9.53 Å². The van der Waals surface area contributed by atoms with Crippen molar-refractivity contribution in [3.05, 3.63) is 70.9 Å². The van der Waals surface area contributed by atoms with Gasteiger partial charge in [0.1, 0.15) is 11.5 Å². The number of hydrogen-bond donors (Lipinski definition) is 1. The zero-order chi connectivity index (χ0) is 28.1. The summed E-state index contributed by atoms with van der Waals surface area (Å²) in [4.78, 5) is 45.1. The molecule has 4 rings (SSSR count). The second-order valence-electron chi connectivity index (χ2n) is 9.58. The maximum Gasteiger partial charge on any atom is 0.338 e. The number of nitrogens with one attached hydrogen (secondary N) is 1. The van der Waals surface area contributed by atoms with Crippen LogP contribution in [0.5, 0.6) is 11.5 Å². The zero-order valence-electron chi connectivity index (χ0n) is 23.1. The van der Waals surface area contributed by atoms with Crippen LogP contribution in [0.2, 0.25) is 0 Å². The van der Waals surface area contributed by atoms with E-state index in [1.165, 1.54) is 12.0 Å². The smallest absolute Gasteiger partial charge is 0.338 e. The van der Waals surface area contributed by atoms with Crippen molar-refractivity contribution in [1.82, 2.24) is 20.0 Å². The molecular weight excluding hydrogens is 500 g/mol. The molecule has 3 amide bonds. The highest BCUT2D eigenvalue weighted by Gasteiger charge is 2.39. The summed E-state index contributed by atoms with van der Waals surface area (Å²) >= 11 is 0. The van der Waals surface area contributed by atoms with Crippen LogP contribution in [0.4, 0.5) is 4.79 Å². The number of amides is 3. The van der Waals surface area contributed by atoms with E-state index in [1.807, 2.05) is 42.2 Å². The van der Waals surface area contributed by atoms with E-state index in [2.05, 4.69) is 10.2 Å². The van der Waals surface area contributed by atoms with Crippen molar-refractivity contribution < 1.29 is 28.6 Å². The second kappa shape index (κ2) is 12.2. The molecule has 0 aliphatic carbocycles. The highest BCUT2D eigenvalue weighted by Crippen LogP contribution is 2.37. The van der Waals surface area contributed by atoms with Crippen molar-refractivity contribution in [3.63, 3.8) is 0 Å². The lowest BCUT2D eigenvalue weighted by Gasteiger charge is -2.42. The second-order valence-corrected chi connectivity index (χ2v) is 9.58. The molecule has 2 aliphatic heterocycles. The fraction of sp³-hybridized carbons (Fsp3) is 0.414. The van der Waals surface area contributed by atoms with E-state index in [0.29, 0.717) is 60.1 Å². The fourth-order valence-electron chi connectivity index (χ4n) is 5.12. The number of methoxy groups -OCH3 is 2. The van der Waals surface area contributed by atoms with Gasteiger partial charge in [-0.1, -0.05) is 18.2 Å². The van der Waals surface area contributed by atoms with E-state index in [9.17, 15) is 14.4 Å². The third kappa shape index (κ3) is 5.85. The molecule has 39 heavy (non-hydrogen) atoms. The maximum absolute atomic E-state index is 13.4. The number of piperazine rings is 1. The van der Waals surface area contributed by atoms with Crippen molar-refractivity contribution >= 4 is 17.9 Å². The quantitative estimate of drug-likeness (QED) is 0.518. The first-order valence-corrected chi connectivity index (χ1v) is 13.0. The first-order valence-electron chi connectivity index (χ1n) is 13.0. The number of hydrogen-bond acceptors (Lipinski definition) is 7. The summed E-state index contributed by atoms with van der Waals surface area (Å²) in [5.74, 6) is 0.559. The van der Waals surface area contributed by atoms with Crippen molar-refractivity contribution in [2.24, 2.45) is 0 Å². The first kappa shape index (κ1) is 28.0. The summed E-state index contributed by atoms with van der Waals surface area (Å²) in [6.07, 6.45) is 0. The van der Waals surface area contributed by atoms with Crippen LogP contribution in [0.3, 0.4) is 0 Å². The number of rotatable bonds is 8. The number of ether oxygens (including phenoxy) is 3. The van der Waals surface area contributed by atoms with E-state index in [-0.39, 0.29) is 24.6 Å². The average molecular weight is 537 g/mol. The Morgan fingerprint density at radius 2 is 1.79 bits per heavy atom. The number of urea groups is 1. The Bertz CT molecular complexity index is 1250. The van der Waals surface area contributed by atoms with Gasteiger partial charge in [0.2, 0.25) is 0 Å². The van der Waals surface area contributed by atoms with E-state index in [0.717, 1.165) is 0 Å².